The SMILES string of the molecule is c1cc(-c2cccc3oc4c5ccccc5ccc4c23)cc(N(c2ccc(-c3ccc4ccccc4c3)cc2)c2ccc(-c3cccc4oc5c6ccccc6ccc5c34)cc2)c1. The van der Waals surface area contributed by atoms with E-state index in [0.29, 0.717) is 0 Å². The Bertz CT molecular complexity index is 3910. The van der Waals surface area contributed by atoms with Gasteiger partial charge in [0.2, 0.25) is 0 Å². The Kier molecular flexibility index (Phi) is 7.91. The van der Waals surface area contributed by atoms with Crippen LogP contribution in [0.4, 0.5) is 17.1 Å². The summed E-state index contributed by atoms with van der Waals surface area (Å²) in [5, 5.41) is 11.6. The van der Waals surface area contributed by atoms with Crippen molar-refractivity contribution in [3.8, 4) is 33.4 Å². The predicted octanol–water partition coefficient (Wildman–Crippen LogP) is 17.4. The third-order valence-electron chi connectivity index (χ3n) is 12.8. The standard InChI is InChI=1S/C60H37NO2/c1-2-13-43-36-44(23-22-38(43)10-1)39-24-30-46(31-25-39)61(47-32-26-42(27-33-47)49-18-8-20-55-57(49)53-34-28-40-11-3-5-16-51(40)59(53)62-55)48-15-7-14-45(37-48)50-19-9-21-56-58(50)54-35-29-41-12-4-6-17-52(41)60(54)63-56/h1-37H. The number of nitrogens with zero attached hydrogens (tertiary/aromatic N) is 1. The molecule has 63 heavy (non-hydrogen) atoms. The molecule has 0 spiro atoms. The molecule has 2 heterocycles. The van der Waals surface area contributed by atoms with Crippen molar-refractivity contribution in [1.29, 1.82) is 0 Å². The van der Waals surface area contributed by atoms with Crippen LogP contribution >= 0.6 is 0 Å². The molecule has 0 saturated carbocycles. The normalized spacial score (nSPS) is 11.8. The largest absolute Gasteiger partial charge is 0.455 e. The molecule has 13 rings (SSSR count). The number of furan rings is 2. The van der Waals surface area contributed by atoms with Gasteiger partial charge < -0.3 is 13.7 Å². The summed E-state index contributed by atoms with van der Waals surface area (Å²) in [6.07, 6.45) is 0. The highest BCUT2D eigenvalue weighted by Gasteiger charge is 2.19. The molecule has 0 amide bonds. The molecule has 2 aromatic heterocycles. The van der Waals surface area contributed by atoms with Gasteiger partial charge in [0, 0.05) is 49.4 Å². The van der Waals surface area contributed by atoms with Crippen LogP contribution in [0.5, 0.6) is 0 Å². The molecule has 0 radical (unpaired) electrons. The first kappa shape index (κ1) is 35.4. The zero-order chi connectivity index (χ0) is 41.4. The van der Waals surface area contributed by atoms with E-state index in [1.54, 1.807) is 0 Å². The van der Waals surface area contributed by atoms with Crippen LogP contribution in [0.2, 0.25) is 0 Å². The van der Waals surface area contributed by atoms with Crippen LogP contribution in [0.1, 0.15) is 0 Å². The smallest absolute Gasteiger partial charge is 0.143 e. The number of hydrogen-bond acceptors (Lipinski definition) is 3. The topological polar surface area (TPSA) is 29.5 Å². The van der Waals surface area contributed by atoms with Gasteiger partial charge >= 0.3 is 0 Å². The molecule has 3 heteroatoms. The van der Waals surface area contributed by atoms with Crippen molar-refractivity contribution < 1.29 is 8.83 Å². The minimum absolute atomic E-state index is 0.884. The van der Waals surface area contributed by atoms with Crippen LogP contribution in [0.15, 0.2) is 233 Å². The van der Waals surface area contributed by atoms with Crippen LogP contribution < -0.4 is 4.90 Å². The average Bonchev–Trinajstić information content (AvgIpc) is 3.94. The Morgan fingerprint density at radius 1 is 0.270 bits per heavy atom. The van der Waals surface area contributed by atoms with Gasteiger partial charge in [-0.1, -0.05) is 158 Å². The van der Waals surface area contributed by atoms with E-state index in [4.69, 9.17) is 8.83 Å². The zero-order valence-electron chi connectivity index (χ0n) is 34.1. The first-order chi connectivity index (χ1) is 31.2. The summed E-state index contributed by atoms with van der Waals surface area (Å²) in [6.45, 7) is 0. The third-order valence-corrected chi connectivity index (χ3v) is 12.8. The molecule has 0 aliphatic rings. The van der Waals surface area contributed by atoms with E-state index in [-0.39, 0.29) is 0 Å². The summed E-state index contributed by atoms with van der Waals surface area (Å²) in [6, 6.07) is 80.5. The molecule has 0 aliphatic carbocycles. The summed E-state index contributed by atoms with van der Waals surface area (Å²) in [4.78, 5) is 2.36. The molecule has 0 aliphatic heterocycles. The summed E-state index contributed by atoms with van der Waals surface area (Å²) >= 11 is 0. The van der Waals surface area contributed by atoms with E-state index in [9.17, 15) is 0 Å². The van der Waals surface area contributed by atoms with Crippen molar-refractivity contribution in [2.24, 2.45) is 0 Å². The van der Waals surface area contributed by atoms with Crippen molar-refractivity contribution >= 4 is 93.3 Å². The number of rotatable bonds is 6. The van der Waals surface area contributed by atoms with Gasteiger partial charge in [-0.3, -0.25) is 0 Å². The first-order valence-electron chi connectivity index (χ1n) is 21.5. The summed E-state index contributed by atoms with van der Waals surface area (Å²) in [5.74, 6) is 0. The van der Waals surface area contributed by atoms with Gasteiger partial charge in [0.25, 0.3) is 0 Å². The van der Waals surface area contributed by atoms with Crippen LogP contribution in [-0.4, -0.2) is 0 Å². The molecule has 3 nitrogen and oxygen atoms in total. The number of benzene rings is 11. The van der Waals surface area contributed by atoms with E-state index in [1.165, 1.54) is 32.7 Å². The number of hydrogen-bond donors (Lipinski definition) is 0. The Morgan fingerprint density at radius 2 is 0.762 bits per heavy atom. The Hall–Kier alpha value is -8.40. The molecule has 294 valence electrons. The minimum Gasteiger partial charge on any atom is -0.455 e. The van der Waals surface area contributed by atoms with Crippen LogP contribution in [0.25, 0.3) is 110 Å². The lowest BCUT2D eigenvalue weighted by Gasteiger charge is -2.26. The van der Waals surface area contributed by atoms with Crippen LogP contribution in [0, 0.1) is 0 Å². The van der Waals surface area contributed by atoms with E-state index in [2.05, 4.69) is 229 Å². The molecule has 11 aromatic carbocycles. The zero-order valence-corrected chi connectivity index (χ0v) is 34.1. The van der Waals surface area contributed by atoms with Gasteiger partial charge in [0.1, 0.15) is 22.3 Å². The van der Waals surface area contributed by atoms with E-state index >= 15 is 0 Å². The molecule has 0 fully saturated rings. The monoisotopic (exact) mass is 803 g/mol. The van der Waals surface area contributed by atoms with Gasteiger partial charge in [-0.05, 0) is 122 Å². The quantitative estimate of drug-likeness (QED) is 0.168. The second-order valence-electron chi connectivity index (χ2n) is 16.4. The van der Waals surface area contributed by atoms with Crippen molar-refractivity contribution in [1.82, 2.24) is 0 Å². The Balaban J connectivity index is 0.945. The average molecular weight is 804 g/mol. The van der Waals surface area contributed by atoms with Crippen molar-refractivity contribution in [3.63, 3.8) is 0 Å². The highest BCUT2D eigenvalue weighted by atomic mass is 16.3. The second-order valence-corrected chi connectivity index (χ2v) is 16.4. The molecule has 0 saturated heterocycles. The fourth-order valence-corrected chi connectivity index (χ4v) is 9.81. The highest BCUT2D eigenvalue weighted by Crippen LogP contribution is 2.44. The first-order valence-corrected chi connectivity index (χ1v) is 21.5. The molecule has 0 bridgehead atoms. The van der Waals surface area contributed by atoms with Gasteiger partial charge in [-0.2, -0.15) is 0 Å². The Morgan fingerprint density at radius 3 is 1.38 bits per heavy atom. The van der Waals surface area contributed by atoms with E-state index in [1.807, 2.05) is 0 Å². The summed E-state index contributed by atoms with van der Waals surface area (Å²) in [7, 11) is 0. The third kappa shape index (κ3) is 5.75. The molecular weight excluding hydrogens is 767 g/mol. The van der Waals surface area contributed by atoms with Crippen LogP contribution in [0.3, 0.4) is 0 Å². The highest BCUT2D eigenvalue weighted by molar-refractivity contribution is 6.20. The lowest BCUT2D eigenvalue weighted by Crippen LogP contribution is -2.10. The maximum Gasteiger partial charge on any atom is 0.143 e. The van der Waals surface area contributed by atoms with Gasteiger partial charge in [0.05, 0.1) is 0 Å². The molecule has 13 aromatic rings. The minimum atomic E-state index is 0.884. The van der Waals surface area contributed by atoms with Gasteiger partial charge in [-0.15, -0.1) is 0 Å². The lowest BCUT2D eigenvalue weighted by atomic mass is 9.97. The molecular formula is C60H37NO2. The predicted molar refractivity (Wildman–Crippen MR) is 265 cm³/mol. The van der Waals surface area contributed by atoms with E-state index < -0.39 is 0 Å². The van der Waals surface area contributed by atoms with Crippen molar-refractivity contribution in [3.05, 3.63) is 224 Å². The fourth-order valence-electron chi connectivity index (χ4n) is 9.81. The molecule has 0 N–H and O–H groups in total. The summed E-state index contributed by atoms with van der Waals surface area (Å²) < 4.78 is 13.2. The molecule has 0 atom stereocenters. The second kappa shape index (κ2) is 14.1. The van der Waals surface area contributed by atoms with Crippen molar-refractivity contribution in [2.75, 3.05) is 4.90 Å². The van der Waals surface area contributed by atoms with Crippen molar-refractivity contribution in [2.45, 2.75) is 0 Å². The maximum atomic E-state index is 6.61. The lowest BCUT2D eigenvalue weighted by molar-refractivity contribution is 0.672. The summed E-state index contributed by atoms with van der Waals surface area (Å²) in [5.41, 5.74) is 13.7. The van der Waals surface area contributed by atoms with E-state index in [0.717, 1.165) is 94.0 Å². The number of anilines is 3. The maximum absolute atomic E-state index is 6.61. The fraction of sp³-hybridized carbons (Fsp3) is 0. The molecule has 0 unspecified atom stereocenters. The van der Waals surface area contributed by atoms with Crippen LogP contribution in [-0.2, 0) is 0 Å². The Labute approximate surface area is 363 Å². The number of fused-ring (bicyclic) bond motifs is 11. The van der Waals surface area contributed by atoms with Gasteiger partial charge in [0.15, 0.2) is 0 Å². The van der Waals surface area contributed by atoms with Gasteiger partial charge in [-0.25, -0.2) is 0 Å².